The molecular weight excluding hydrogens is 284 g/mol. The quantitative estimate of drug-likeness (QED) is 0.931. The number of benzene rings is 1. The molecule has 0 amide bonds. The molecule has 0 radical (unpaired) electrons. The molecule has 2 rings (SSSR count). The first kappa shape index (κ1) is 12.7. The van der Waals surface area contributed by atoms with E-state index >= 15 is 0 Å². The van der Waals surface area contributed by atoms with Crippen LogP contribution in [-0.2, 0) is 0 Å². The van der Waals surface area contributed by atoms with E-state index in [1.54, 1.807) is 6.07 Å². The molecule has 1 saturated carbocycles. The lowest BCUT2D eigenvalue weighted by Gasteiger charge is -2.12. The minimum Gasteiger partial charge on any atom is -0.490 e. The predicted molar refractivity (Wildman–Crippen MR) is 63.0 cm³/mol. The molecule has 0 atom stereocenters. The maximum atomic E-state index is 12.9. The second-order valence-corrected chi connectivity index (χ2v) is 4.58. The van der Waals surface area contributed by atoms with Crippen LogP contribution in [0.1, 0.15) is 12.8 Å². The van der Waals surface area contributed by atoms with Crippen LogP contribution < -0.4 is 10.5 Å². The average molecular weight is 297 g/mol. The van der Waals surface area contributed by atoms with Crippen LogP contribution in [0.2, 0.25) is 0 Å². The summed E-state index contributed by atoms with van der Waals surface area (Å²) in [5.74, 6) is 0.215. The van der Waals surface area contributed by atoms with Crippen LogP contribution in [0.5, 0.6) is 5.75 Å². The molecule has 0 saturated heterocycles. The van der Waals surface area contributed by atoms with E-state index in [-0.39, 0.29) is 23.8 Å². The largest absolute Gasteiger partial charge is 0.490 e. The topological polar surface area (TPSA) is 35.2 Å². The van der Waals surface area contributed by atoms with Gasteiger partial charge in [-0.15, -0.1) is 12.4 Å². The monoisotopic (exact) mass is 295 g/mol. The highest BCUT2D eigenvalue weighted by atomic mass is 79.9. The fourth-order valence-corrected chi connectivity index (χ4v) is 1.48. The first-order chi connectivity index (χ1) is 6.59. The van der Waals surface area contributed by atoms with Gasteiger partial charge in [0.1, 0.15) is 18.2 Å². The molecule has 0 heterocycles. The normalized spacial score (nSPS) is 16.7. The summed E-state index contributed by atoms with van der Waals surface area (Å²) in [5, 5.41) is 0. The van der Waals surface area contributed by atoms with Gasteiger partial charge >= 0.3 is 0 Å². The standard InChI is InChI=1S/C10H11BrFNO.ClH/c11-8-2-1-7(12)5-9(8)14-6-10(13)3-4-10;/h1-2,5H,3-4,6,13H2;1H. The summed E-state index contributed by atoms with van der Waals surface area (Å²) in [6, 6.07) is 4.36. The van der Waals surface area contributed by atoms with E-state index in [0.717, 1.165) is 17.3 Å². The van der Waals surface area contributed by atoms with Crippen LogP contribution in [0.3, 0.4) is 0 Å². The van der Waals surface area contributed by atoms with Gasteiger partial charge < -0.3 is 10.5 Å². The minimum atomic E-state index is -0.301. The fourth-order valence-electron chi connectivity index (χ4n) is 1.11. The molecule has 0 spiro atoms. The molecule has 1 fully saturated rings. The molecule has 0 aliphatic heterocycles. The summed E-state index contributed by atoms with van der Waals surface area (Å²) >= 11 is 3.29. The Balaban J connectivity index is 0.00000112. The lowest BCUT2D eigenvalue weighted by Crippen LogP contribution is -2.29. The molecule has 2 nitrogen and oxygen atoms in total. The van der Waals surface area contributed by atoms with Gasteiger partial charge in [-0.25, -0.2) is 4.39 Å². The predicted octanol–water partition coefficient (Wildman–Crippen LogP) is 2.88. The Morgan fingerprint density at radius 2 is 2.13 bits per heavy atom. The van der Waals surface area contributed by atoms with Gasteiger partial charge in [0.15, 0.2) is 0 Å². The summed E-state index contributed by atoms with van der Waals surface area (Å²) in [6.45, 7) is 0.453. The van der Waals surface area contributed by atoms with Crippen molar-refractivity contribution in [2.75, 3.05) is 6.61 Å². The molecule has 1 aromatic rings. The molecular formula is C10H12BrClFNO. The molecule has 1 aromatic carbocycles. The van der Waals surface area contributed by atoms with E-state index < -0.39 is 0 Å². The number of halogens is 3. The van der Waals surface area contributed by atoms with Crippen molar-refractivity contribution in [1.29, 1.82) is 0 Å². The summed E-state index contributed by atoms with van der Waals surface area (Å²) < 4.78 is 19.0. The highest BCUT2D eigenvalue weighted by Gasteiger charge is 2.39. The van der Waals surface area contributed by atoms with Crippen molar-refractivity contribution >= 4 is 28.3 Å². The van der Waals surface area contributed by atoms with E-state index in [1.807, 2.05) is 0 Å². The maximum absolute atomic E-state index is 12.9. The molecule has 15 heavy (non-hydrogen) atoms. The Bertz CT molecular complexity index is 357. The summed E-state index contributed by atoms with van der Waals surface area (Å²) in [4.78, 5) is 0. The van der Waals surface area contributed by atoms with Gasteiger partial charge in [-0.2, -0.15) is 0 Å². The van der Waals surface area contributed by atoms with Gasteiger partial charge in [0, 0.05) is 6.07 Å². The van der Waals surface area contributed by atoms with Crippen molar-refractivity contribution in [2.24, 2.45) is 5.73 Å². The van der Waals surface area contributed by atoms with Crippen LogP contribution in [0, 0.1) is 5.82 Å². The molecule has 0 unspecified atom stereocenters. The van der Waals surface area contributed by atoms with Crippen LogP contribution in [0.15, 0.2) is 22.7 Å². The Kier molecular flexibility index (Phi) is 3.98. The second kappa shape index (κ2) is 4.68. The number of rotatable bonds is 3. The summed E-state index contributed by atoms with van der Waals surface area (Å²) in [7, 11) is 0. The third-order valence-corrected chi connectivity index (χ3v) is 2.96. The lowest BCUT2D eigenvalue weighted by molar-refractivity contribution is 0.276. The van der Waals surface area contributed by atoms with Gasteiger partial charge in [-0.3, -0.25) is 0 Å². The van der Waals surface area contributed by atoms with Gasteiger partial charge in [0.05, 0.1) is 10.0 Å². The minimum absolute atomic E-state index is 0. The molecule has 0 bridgehead atoms. The van der Waals surface area contributed by atoms with Gasteiger partial charge in [-0.05, 0) is 40.9 Å². The van der Waals surface area contributed by atoms with Crippen LogP contribution in [0.4, 0.5) is 4.39 Å². The van der Waals surface area contributed by atoms with Crippen molar-refractivity contribution in [3.05, 3.63) is 28.5 Å². The van der Waals surface area contributed by atoms with Crippen molar-refractivity contribution < 1.29 is 9.13 Å². The van der Waals surface area contributed by atoms with Crippen molar-refractivity contribution in [3.63, 3.8) is 0 Å². The van der Waals surface area contributed by atoms with E-state index in [9.17, 15) is 4.39 Å². The van der Waals surface area contributed by atoms with E-state index in [0.29, 0.717) is 12.4 Å². The first-order valence-electron chi connectivity index (χ1n) is 4.46. The first-order valence-corrected chi connectivity index (χ1v) is 5.25. The Labute approximate surface area is 103 Å². The van der Waals surface area contributed by atoms with E-state index in [4.69, 9.17) is 10.5 Å². The van der Waals surface area contributed by atoms with Crippen molar-refractivity contribution in [2.45, 2.75) is 18.4 Å². The summed E-state index contributed by atoms with van der Waals surface area (Å²) in [6.07, 6.45) is 1.97. The number of hydrogen-bond acceptors (Lipinski definition) is 2. The molecule has 2 N–H and O–H groups in total. The molecule has 5 heteroatoms. The van der Waals surface area contributed by atoms with E-state index in [2.05, 4.69) is 15.9 Å². The Morgan fingerprint density at radius 1 is 1.47 bits per heavy atom. The SMILES string of the molecule is Cl.NC1(COc2cc(F)ccc2Br)CC1. The molecule has 84 valence electrons. The summed E-state index contributed by atoms with van der Waals surface area (Å²) in [5.41, 5.74) is 5.67. The second-order valence-electron chi connectivity index (χ2n) is 3.73. The fraction of sp³-hybridized carbons (Fsp3) is 0.400. The smallest absolute Gasteiger partial charge is 0.136 e. The Hall–Kier alpha value is -0.320. The van der Waals surface area contributed by atoms with E-state index in [1.165, 1.54) is 12.1 Å². The molecule has 1 aliphatic rings. The number of ether oxygens (including phenoxy) is 1. The molecule has 0 aromatic heterocycles. The van der Waals surface area contributed by atoms with Gasteiger partial charge in [0.25, 0.3) is 0 Å². The third-order valence-electron chi connectivity index (χ3n) is 2.30. The average Bonchev–Trinajstić information content (AvgIpc) is 2.87. The van der Waals surface area contributed by atoms with Crippen LogP contribution in [-0.4, -0.2) is 12.1 Å². The van der Waals surface area contributed by atoms with Crippen molar-refractivity contribution in [1.82, 2.24) is 0 Å². The Morgan fingerprint density at radius 3 is 2.73 bits per heavy atom. The molecule has 1 aliphatic carbocycles. The van der Waals surface area contributed by atoms with Crippen LogP contribution >= 0.6 is 28.3 Å². The highest BCUT2D eigenvalue weighted by Crippen LogP contribution is 2.34. The number of nitrogens with two attached hydrogens (primary N) is 1. The third kappa shape index (κ3) is 3.33. The van der Waals surface area contributed by atoms with Crippen LogP contribution in [0.25, 0.3) is 0 Å². The van der Waals surface area contributed by atoms with Gasteiger partial charge in [0.2, 0.25) is 0 Å². The van der Waals surface area contributed by atoms with Crippen molar-refractivity contribution in [3.8, 4) is 5.75 Å². The zero-order valence-electron chi connectivity index (χ0n) is 8.00. The number of hydrogen-bond donors (Lipinski definition) is 1. The van der Waals surface area contributed by atoms with Gasteiger partial charge in [-0.1, -0.05) is 0 Å². The maximum Gasteiger partial charge on any atom is 0.136 e. The lowest BCUT2D eigenvalue weighted by atomic mass is 10.3. The highest BCUT2D eigenvalue weighted by molar-refractivity contribution is 9.10. The zero-order valence-corrected chi connectivity index (χ0v) is 10.4. The zero-order chi connectivity index (χ0) is 10.2.